The number of hydrogen-bond acceptors (Lipinski definition) is 10. The normalized spacial score (nSPS) is 22.7. The Kier molecular flexibility index (Phi) is 10.9. The van der Waals surface area contributed by atoms with Crippen LogP contribution >= 0.6 is 0 Å². The Morgan fingerprint density at radius 3 is 2.36 bits per heavy atom. The number of nitrogens with zero attached hydrogens (tertiary/aromatic N) is 2. The van der Waals surface area contributed by atoms with Gasteiger partial charge in [0.1, 0.15) is 40.8 Å². The minimum absolute atomic E-state index is 0.0201. The number of alkyl carbamates (subject to hydrolysis) is 1. The topological polar surface area (TPSA) is 182 Å². The van der Waals surface area contributed by atoms with E-state index in [1.165, 1.54) is 11.0 Å². The van der Waals surface area contributed by atoms with Crippen LogP contribution in [0.25, 0.3) is 22.2 Å². The van der Waals surface area contributed by atoms with Gasteiger partial charge in [-0.15, -0.1) is 6.58 Å². The molecule has 3 aliphatic rings. The summed E-state index contributed by atoms with van der Waals surface area (Å²) in [6, 6.07) is 14.5. The standard InChI is InChI=1S/C40H49N5O9S/c1-8-25-21-40(25,37(48)44-55(50,51)28-15-16-28)43-35(46)32-19-27(22-45(32)36(47)34(23(2)3)42-38(49)54-39(4,5)6)53-33-20-30(24-12-10-9-11-13-24)41-31-18-26(52-7)14-17-29(31)33/h8-14,17-18,20,23,25,27-28,32,34H,1,15-16,19,21-22H2,2-7H3,(H,42,49)(H,43,46)(H,44,48)/t25-,27-,32+,34+,40-/m1/s1. The first-order valence-corrected chi connectivity index (χ1v) is 20.0. The third-order valence-electron chi connectivity index (χ3n) is 10.0. The van der Waals surface area contributed by atoms with Crippen molar-refractivity contribution in [1.82, 2.24) is 25.2 Å². The van der Waals surface area contributed by atoms with E-state index in [0.29, 0.717) is 40.9 Å². The summed E-state index contributed by atoms with van der Waals surface area (Å²) in [5.74, 6) is -1.94. The highest BCUT2D eigenvalue weighted by Crippen LogP contribution is 2.45. The number of ether oxygens (including phenoxy) is 3. The van der Waals surface area contributed by atoms with Gasteiger partial charge in [-0.2, -0.15) is 0 Å². The van der Waals surface area contributed by atoms with Crippen LogP contribution in [0.4, 0.5) is 4.79 Å². The van der Waals surface area contributed by atoms with Crippen molar-refractivity contribution in [2.75, 3.05) is 13.7 Å². The number of likely N-dealkylation sites (tertiary alicyclic amines) is 1. The summed E-state index contributed by atoms with van der Waals surface area (Å²) < 4.78 is 45.2. The molecule has 2 heterocycles. The smallest absolute Gasteiger partial charge is 0.408 e. The van der Waals surface area contributed by atoms with Crippen molar-refractivity contribution < 1.29 is 41.8 Å². The predicted molar refractivity (Wildman–Crippen MR) is 206 cm³/mol. The fourth-order valence-corrected chi connectivity index (χ4v) is 8.22. The first-order chi connectivity index (χ1) is 25.9. The summed E-state index contributed by atoms with van der Waals surface area (Å²) >= 11 is 0. The lowest BCUT2D eigenvalue weighted by Gasteiger charge is -2.31. The van der Waals surface area contributed by atoms with Crippen LogP contribution in [0.1, 0.15) is 60.3 Å². The molecule has 1 aromatic heterocycles. The number of sulfonamides is 1. The number of nitrogens with one attached hydrogen (secondary N) is 3. The second kappa shape index (κ2) is 15.2. The summed E-state index contributed by atoms with van der Waals surface area (Å²) in [7, 11) is -2.34. The molecule has 15 heteroatoms. The average molecular weight is 776 g/mol. The van der Waals surface area contributed by atoms with Gasteiger partial charge < -0.3 is 29.7 Å². The fraction of sp³-hybridized carbons (Fsp3) is 0.475. The molecule has 5 atom stereocenters. The van der Waals surface area contributed by atoms with Crippen LogP contribution in [0.15, 0.2) is 67.3 Å². The van der Waals surface area contributed by atoms with E-state index in [9.17, 15) is 27.6 Å². The van der Waals surface area contributed by atoms with Crippen LogP contribution in [0, 0.1) is 11.8 Å². The molecule has 3 aromatic rings. The zero-order valence-electron chi connectivity index (χ0n) is 32.0. The summed E-state index contributed by atoms with van der Waals surface area (Å²) in [6.45, 7) is 12.4. The Hall–Kier alpha value is -5.18. The molecule has 2 aliphatic carbocycles. The van der Waals surface area contributed by atoms with Crippen molar-refractivity contribution in [2.24, 2.45) is 11.8 Å². The van der Waals surface area contributed by atoms with Gasteiger partial charge in [0.05, 0.1) is 30.1 Å². The maximum absolute atomic E-state index is 14.4. The lowest BCUT2D eigenvalue weighted by Crippen LogP contribution is -2.59. The van der Waals surface area contributed by atoms with E-state index in [0.717, 1.165) is 5.56 Å². The maximum Gasteiger partial charge on any atom is 0.408 e. The molecular weight excluding hydrogens is 727 g/mol. The van der Waals surface area contributed by atoms with E-state index in [2.05, 4.69) is 21.9 Å². The van der Waals surface area contributed by atoms with E-state index in [1.54, 1.807) is 53.9 Å². The quantitative estimate of drug-likeness (QED) is 0.210. The Labute approximate surface area is 321 Å². The maximum atomic E-state index is 14.4. The fourth-order valence-electron chi connectivity index (χ4n) is 6.86. The Bertz CT molecular complexity index is 2100. The molecular formula is C40H49N5O9S. The number of hydrogen-bond donors (Lipinski definition) is 3. The van der Waals surface area contributed by atoms with Gasteiger partial charge in [-0.3, -0.25) is 19.1 Å². The highest BCUT2D eigenvalue weighted by Gasteiger charge is 2.62. The number of rotatable bonds is 13. The summed E-state index contributed by atoms with van der Waals surface area (Å²) in [4.78, 5) is 61.5. The molecule has 0 bridgehead atoms. The molecule has 14 nitrogen and oxygen atoms in total. The van der Waals surface area contributed by atoms with Crippen molar-refractivity contribution in [2.45, 2.75) is 94.9 Å². The highest BCUT2D eigenvalue weighted by molar-refractivity contribution is 7.91. The average Bonchev–Trinajstić information content (AvgIpc) is 4.06. The number of aromatic nitrogens is 1. The van der Waals surface area contributed by atoms with Gasteiger partial charge in [0.2, 0.25) is 21.8 Å². The minimum atomic E-state index is -3.91. The van der Waals surface area contributed by atoms with Crippen LogP contribution in [0.2, 0.25) is 0 Å². The Balaban J connectivity index is 1.33. The molecule has 55 heavy (non-hydrogen) atoms. The monoisotopic (exact) mass is 775 g/mol. The van der Waals surface area contributed by atoms with Crippen molar-refractivity contribution in [1.29, 1.82) is 0 Å². The molecule has 1 aliphatic heterocycles. The van der Waals surface area contributed by atoms with Crippen LogP contribution in [0.5, 0.6) is 11.5 Å². The van der Waals surface area contributed by atoms with Gasteiger partial charge in [-0.1, -0.05) is 50.3 Å². The number of benzene rings is 2. The van der Waals surface area contributed by atoms with Gasteiger partial charge in [0.15, 0.2) is 0 Å². The van der Waals surface area contributed by atoms with E-state index in [4.69, 9.17) is 19.2 Å². The van der Waals surface area contributed by atoms with Crippen molar-refractivity contribution in [3.63, 3.8) is 0 Å². The molecule has 0 radical (unpaired) electrons. The van der Waals surface area contributed by atoms with Crippen LogP contribution in [-0.2, 0) is 29.1 Å². The lowest BCUT2D eigenvalue weighted by molar-refractivity contribution is -0.141. The highest BCUT2D eigenvalue weighted by atomic mass is 32.2. The number of carbonyl (C=O) groups is 4. The number of carbonyl (C=O) groups excluding carboxylic acids is 4. The van der Waals surface area contributed by atoms with Crippen molar-refractivity contribution in [3.8, 4) is 22.8 Å². The predicted octanol–water partition coefficient (Wildman–Crippen LogP) is 4.48. The summed E-state index contributed by atoms with van der Waals surface area (Å²) in [5.41, 5.74) is -0.301. The third kappa shape index (κ3) is 8.71. The Morgan fingerprint density at radius 1 is 1.05 bits per heavy atom. The SMILES string of the molecule is C=C[C@@H]1C[C@]1(NC(=O)[C@@H]1C[C@@H](Oc2cc(-c3ccccc3)nc3cc(OC)ccc23)CN1C(=O)[C@@H](NC(=O)OC(C)(C)C)C(C)C)C(=O)NS(=O)(=O)C1CC1. The van der Waals surface area contributed by atoms with E-state index < -0.39 is 80.3 Å². The van der Waals surface area contributed by atoms with Crippen molar-refractivity contribution in [3.05, 3.63) is 67.3 Å². The first-order valence-electron chi connectivity index (χ1n) is 18.5. The first kappa shape index (κ1) is 39.5. The lowest BCUT2D eigenvalue weighted by atomic mass is 10.0. The number of fused-ring (bicyclic) bond motifs is 1. The molecule has 3 N–H and O–H groups in total. The number of methoxy groups -OCH3 is 1. The third-order valence-corrected chi connectivity index (χ3v) is 11.9. The minimum Gasteiger partial charge on any atom is -0.497 e. The molecule has 294 valence electrons. The second-order valence-corrected chi connectivity index (χ2v) is 17.7. The molecule has 6 rings (SSSR count). The largest absolute Gasteiger partial charge is 0.497 e. The molecule has 1 saturated heterocycles. The van der Waals surface area contributed by atoms with E-state index in [-0.39, 0.29) is 19.4 Å². The van der Waals surface area contributed by atoms with Gasteiger partial charge in [-0.25, -0.2) is 18.2 Å². The molecule has 0 spiro atoms. The molecule has 2 saturated carbocycles. The summed E-state index contributed by atoms with van der Waals surface area (Å²) in [5, 5.41) is 5.51. The molecule has 2 aromatic carbocycles. The van der Waals surface area contributed by atoms with E-state index in [1.807, 2.05) is 42.5 Å². The van der Waals surface area contributed by atoms with Crippen LogP contribution < -0.4 is 24.8 Å². The van der Waals surface area contributed by atoms with Crippen LogP contribution in [-0.4, -0.2) is 90.3 Å². The van der Waals surface area contributed by atoms with Gasteiger partial charge in [0, 0.05) is 35.4 Å². The molecule has 0 unspecified atom stereocenters. The zero-order valence-corrected chi connectivity index (χ0v) is 32.8. The number of pyridine rings is 1. The van der Waals surface area contributed by atoms with Gasteiger partial charge >= 0.3 is 6.09 Å². The van der Waals surface area contributed by atoms with Gasteiger partial charge in [0.25, 0.3) is 5.91 Å². The molecule has 4 amide bonds. The summed E-state index contributed by atoms with van der Waals surface area (Å²) in [6.07, 6.45) is 1.05. The zero-order chi connectivity index (χ0) is 39.9. The number of amides is 4. The van der Waals surface area contributed by atoms with Crippen molar-refractivity contribution >= 4 is 44.7 Å². The van der Waals surface area contributed by atoms with Crippen LogP contribution in [0.3, 0.4) is 0 Å². The Morgan fingerprint density at radius 2 is 1.76 bits per heavy atom. The van der Waals surface area contributed by atoms with E-state index >= 15 is 0 Å². The second-order valence-electron chi connectivity index (χ2n) is 15.8. The molecule has 3 fully saturated rings. The van der Waals surface area contributed by atoms with Gasteiger partial charge in [-0.05, 0) is 58.1 Å².